The summed E-state index contributed by atoms with van der Waals surface area (Å²) in [6.07, 6.45) is 4.50. The lowest BCUT2D eigenvalue weighted by atomic mass is 10.3. The molecule has 0 aromatic carbocycles. The molecule has 0 bridgehead atoms. The molecule has 0 atom stereocenters. The van der Waals surface area contributed by atoms with Gasteiger partial charge in [0.15, 0.2) is 0 Å². The second-order valence-corrected chi connectivity index (χ2v) is 5.18. The predicted octanol–water partition coefficient (Wildman–Crippen LogP) is 2.99. The molecule has 1 N–H and O–H groups in total. The van der Waals surface area contributed by atoms with Crippen LogP contribution in [-0.2, 0) is 4.74 Å². The molecule has 0 spiro atoms. The summed E-state index contributed by atoms with van der Waals surface area (Å²) < 4.78 is 6.56. The number of nitrogens with one attached hydrogen (secondary N) is 1. The molecule has 0 radical (unpaired) electrons. The first-order valence-electron chi connectivity index (χ1n) is 5.69. The minimum Gasteiger partial charge on any atom is -0.379 e. The lowest BCUT2D eigenvalue weighted by Crippen LogP contribution is -2.12. The Hall–Kier alpha value is -0.610. The average Bonchev–Trinajstić information content (AvgIpc) is 3.04. The fraction of sp³-hybridized carbons (Fsp3) is 0.583. The summed E-state index contributed by atoms with van der Waals surface area (Å²) in [6.45, 7) is 4.55. The highest BCUT2D eigenvalue weighted by atomic mass is 79.9. The van der Waals surface area contributed by atoms with Gasteiger partial charge in [0.1, 0.15) is 5.82 Å². The van der Waals surface area contributed by atoms with Gasteiger partial charge < -0.3 is 10.1 Å². The molecule has 88 valence electrons. The summed E-state index contributed by atoms with van der Waals surface area (Å²) in [7, 11) is 0. The monoisotopic (exact) mass is 284 g/mol. The van der Waals surface area contributed by atoms with Crippen LogP contribution in [0.3, 0.4) is 0 Å². The van der Waals surface area contributed by atoms with Gasteiger partial charge in [0.05, 0.1) is 6.61 Å². The van der Waals surface area contributed by atoms with Gasteiger partial charge in [-0.15, -0.1) is 0 Å². The highest BCUT2D eigenvalue weighted by molar-refractivity contribution is 9.10. The first-order chi connectivity index (χ1) is 7.75. The van der Waals surface area contributed by atoms with Gasteiger partial charge in [-0.2, -0.15) is 0 Å². The topological polar surface area (TPSA) is 34.2 Å². The fourth-order valence-corrected chi connectivity index (χ4v) is 1.95. The molecule has 4 heteroatoms. The number of aromatic nitrogens is 1. The molecule has 2 rings (SSSR count). The lowest BCUT2D eigenvalue weighted by molar-refractivity contribution is 0.134. The zero-order valence-electron chi connectivity index (χ0n) is 9.50. The number of ether oxygens (including phenoxy) is 1. The van der Waals surface area contributed by atoms with Crippen LogP contribution < -0.4 is 5.32 Å². The Morgan fingerprint density at radius 3 is 3.06 bits per heavy atom. The van der Waals surface area contributed by atoms with Crippen LogP contribution in [0, 0.1) is 12.8 Å². The smallest absolute Gasteiger partial charge is 0.128 e. The van der Waals surface area contributed by atoms with E-state index in [9.17, 15) is 0 Å². The van der Waals surface area contributed by atoms with Crippen molar-refractivity contribution in [3.63, 3.8) is 0 Å². The van der Waals surface area contributed by atoms with Gasteiger partial charge in [0.2, 0.25) is 0 Å². The van der Waals surface area contributed by atoms with E-state index in [-0.39, 0.29) is 0 Å². The standard InChI is InChI=1S/C12H17BrN2O/c1-9-6-11(13)7-15-12(9)14-4-5-16-8-10-2-3-10/h6-7,10H,2-5,8H2,1H3,(H,14,15). The van der Waals surface area contributed by atoms with Crippen molar-refractivity contribution in [2.45, 2.75) is 19.8 Å². The largest absolute Gasteiger partial charge is 0.379 e. The van der Waals surface area contributed by atoms with Crippen molar-refractivity contribution >= 4 is 21.7 Å². The van der Waals surface area contributed by atoms with Crippen molar-refractivity contribution in [2.75, 3.05) is 25.1 Å². The summed E-state index contributed by atoms with van der Waals surface area (Å²) in [5, 5.41) is 3.28. The zero-order valence-corrected chi connectivity index (χ0v) is 11.1. The molecule has 0 unspecified atom stereocenters. The lowest BCUT2D eigenvalue weighted by Gasteiger charge is -2.08. The molecule has 1 fully saturated rings. The van der Waals surface area contributed by atoms with Crippen LogP contribution >= 0.6 is 15.9 Å². The van der Waals surface area contributed by atoms with Gasteiger partial charge >= 0.3 is 0 Å². The third-order valence-corrected chi connectivity index (χ3v) is 3.07. The Labute approximate surface area is 105 Å². The zero-order chi connectivity index (χ0) is 11.4. The van der Waals surface area contributed by atoms with Crippen LogP contribution in [0.4, 0.5) is 5.82 Å². The number of hydrogen-bond donors (Lipinski definition) is 1. The van der Waals surface area contributed by atoms with Crippen molar-refractivity contribution in [2.24, 2.45) is 5.92 Å². The number of halogens is 1. The molecule has 0 saturated heterocycles. The van der Waals surface area contributed by atoms with Gasteiger partial charge in [-0.1, -0.05) is 0 Å². The number of aryl methyl sites for hydroxylation is 1. The van der Waals surface area contributed by atoms with Gasteiger partial charge in [-0.3, -0.25) is 0 Å². The molecule has 0 aliphatic heterocycles. The Morgan fingerprint density at radius 1 is 1.56 bits per heavy atom. The van der Waals surface area contributed by atoms with E-state index in [2.05, 4.69) is 32.3 Å². The number of nitrogens with zero attached hydrogens (tertiary/aromatic N) is 1. The molecular weight excluding hydrogens is 268 g/mol. The first-order valence-corrected chi connectivity index (χ1v) is 6.49. The maximum Gasteiger partial charge on any atom is 0.128 e. The average molecular weight is 285 g/mol. The van der Waals surface area contributed by atoms with E-state index in [0.29, 0.717) is 0 Å². The van der Waals surface area contributed by atoms with Crippen molar-refractivity contribution in [1.82, 2.24) is 4.98 Å². The highest BCUT2D eigenvalue weighted by Gasteiger charge is 2.20. The second-order valence-electron chi connectivity index (χ2n) is 4.26. The van der Waals surface area contributed by atoms with Gasteiger partial charge in [-0.05, 0) is 53.2 Å². The van der Waals surface area contributed by atoms with Crippen LogP contribution in [0.2, 0.25) is 0 Å². The van der Waals surface area contributed by atoms with Crippen molar-refractivity contribution < 1.29 is 4.74 Å². The summed E-state index contributed by atoms with van der Waals surface area (Å²) >= 11 is 3.40. The van der Waals surface area contributed by atoms with Gasteiger partial charge in [-0.25, -0.2) is 4.98 Å². The Kier molecular flexibility index (Phi) is 4.18. The van der Waals surface area contributed by atoms with Crippen LogP contribution in [0.15, 0.2) is 16.7 Å². The molecule has 0 amide bonds. The summed E-state index contributed by atoms with van der Waals surface area (Å²) in [5.41, 5.74) is 1.15. The van der Waals surface area contributed by atoms with E-state index in [1.165, 1.54) is 12.8 Å². The summed E-state index contributed by atoms with van der Waals surface area (Å²) in [5.74, 6) is 1.78. The molecule has 1 saturated carbocycles. The summed E-state index contributed by atoms with van der Waals surface area (Å²) in [6, 6.07) is 2.06. The molecule has 16 heavy (non-hydrogen) atoms. The van der Waals surface area contributed by atoms with E-state index in [1.807, 2.05) is 6.92 Å². The SMILES string of the molecule is Cc1cc(Br)cnc1NCCOCC1CC1. The second kappa shape index (κ2) is 5.64. The molecule has 1 aliphatic carbocycles. The number of hydrogen-bond acceptors (Lipinski definition) is 3. The number of anilines is 1. The van der Waals surface area contributed by atoms with Crippen LogP contribution in [0.5, 0.6) is 0 Å². The Morgan fingerprint density at radius 2 is 2.38 bits per heavy atom. The molecule has 1 aliphatic rings. The quantitative estimate of drug-likeness (QED) is 0.816. The molecule has 1 aromatic rings. The van der Waals surface area contributed by atoms with Crippen molar-refractivity contribution in [1.29, 1.82) is 0 Å². The molecule has 1 heterocycles. The van der Waals surface area contributed by atoms with Crippen LogP contribution in [0.25, 0.3) is 0 Å². The number of pyridine rings is 1. The van der Waals surface area contributed by atoms with Gasteiger partial charge in [0, 0.05) is 23.8 Å². The molecule has 1 aromatic heterocycles. The molecule has 3 nitrogen and oxygen atoms in total. The summed E-state index contributed by atoms with van der Waals surface area (Å²) in [4.78, 5) is 4.31. The van der Waals surface area contributed by atoms with Gasteiger partial charge in [0.25, 0.3) is 0 Å². The van der Waals surface area contributed by atoms with Crippen molar-refractivity contribution in [3.05, 3.63) is 22.3 Å². The van der Waals surface area contributed by atoms with E-state index in [0.717, 1.165) is 41.5 Å². The van der Waals surface area contributed by atoms with E-state index < -0.39 is 0 Å². The van der Waals surface area contributed by atoms with Crippen molar-refractivity contribution in [3.8, 4) is 0 Å². The first kappa shape index (κ1) is 11.9. The highest BCUT2D eigenvalue weighted by Crippen LogP contribution is 2.28. The Bertz CT molecular complexity index is 353. The normalized spacial score (nSPS) is 15.1. The van der Waals surface area contributed by atoms with E-state index in [4.69, 9.17) is 4.74 Å². The maximum absolute atomic E-state index is 5.54. The number of rotatable bonds is 6. The minimum atomic E-state index is 0.758. The van der Waals surface area contributed by atoms with Crippen LogP contribution in [0.1, 0.15) is 18.4 Å². The fourth-order valence-electron chi connectivity index (χ4n) is 1.50. The third-order valence-electron chi connectivity index (χ3n) is 2.63. The maximum atomic E-state index is 5.54. The van der Waals surface area contributed by atoms with E-state index in [1.54, 1.807) is 6.20 Å². The predicted molar refractivity (Wildman–Crippen MR) is 68.7 cm³/mol. The third kappa shape index (κ3) is 3.76. The Balaban J connectivity index is 1.67. The van der Waals surface area contributed by atoms with E-state index >= 15 is 0 Å². The minimum absolute atomic E-state index is 0.758. The van der Waals surface area contributed by atoms with Crippen LogP contribution in [-0.4, -0.2) is 24.7 Å². The molecular formula is C12H17BrN2O.